The average molecular weight is 659 g/mol. The molecule has 10 heteroatoms. The van der Waals surface area contributed by atoms with Crippen LogP contribution in [0.4, 0.5) is 10.5 Å². The number of likely N-dealkylation sites (tertiary alicyclic amines) is 1. The van der Waals surface area contributed by atoms with Crippen LogP contribution in [0, 0.1) is 0 Å². The molecular weight excluding hydrogens is 620 g/mol. The second-order valence-electron chi connectivity index (χ2n) is 12.2. The van der Waals surface area contributed by atoms with Gasteiger partial charge in [-0.3, -0.25) is 19.5 Å². The molecule has 0 bridgehead atoms. The number of amides is 3. The van der Waals surface area contributed by atoms with Gasteiger partial charge in [0.1, 0.15) is 6.61 Å². The van der Waals surface area contributed by atoms with E-state index in [2.05, 4.69) is 22.3 Å². The zero-order chi connectivity index (χ0) is 34.2. The summed E-state index contributed by atoms with van der Waals surface area (Å²) in [4.78, 5) is 60.6. The molecule has 3 amide bonds. The quantitative estimate of drug-likeness (QED) is 0.186. The molecule has 4 aromatic rings. The minimum Gasteiger partial charge on any atom is -0.480 e. The summed E-state index contributed by atoms with van der Waals surface area (Å²) in [7, 11) is 0. The van der Waals surface area contributed by atoms with Crippen molar-refractivity contribution in [3.8, 4) is 0 Å². The first-order valence-electron chi connectivity index (χ1n) is 16.5. The maximum Gasteiger partial charge on any atom is 0.416 e. The topological polar surface area (TPSA) is 129 Å². The third-order valence-corrected chi connectivity index (χ3v) is 8.97. The lowest BCUT2D eigenvalue weighted by Crippen LogP contribution is -2.39. The van der Waals surface area contributed by atoms with Crippen molar-refractivity contribution in [3.05, 3.63) is 138 Å². The summed E-state index contributed by atoms with van der Waals surface area (Å²) in [5.41, 5.74) is 3.76. The molecule has 3 atom stereocenters. The lowest BCUT2D eigenvalue weighted by atomic mass is 9.87. The molecule has 6 rings (SSSR count). The van der Waals surface area contributed by atoms with E-state index in [9.17, 15) is 24.3 Å². The first-order valence-corrected chi connectivity index (χ1v) is 16.5. The molecule has 4 aromatic carbocycles. The Morgan fingerprint density at radius 3 is 2.18 bits per heavy atom. The van der Waals surface area contributed by atoms with Gasteiger partial charge in [0.15, 0.2) is 6.04 Å². The van der Waals surface area contributed by atoms with E-state index in [0.29, 0.717) is 34.6 Å². The van der Waals surface area contributed by atoms with Crippen molar-refractivity contribution in [2.45, 2.75) is 43.8 Å². The highest BCUT2D eigenvalue weighted by atomic mass is 16.6. The summed E-state index contributed by atoms with van der Waals surface area (Å²) in [5, 5.41) is 13.8. The highest BCUT2D eigenvalue weighted by Gasteiger charge is 2.37. The van der Waals surface area contributed by atoms with E-state index >= 15 is 0 Å². The zero-order valence-corrected chi connectivity index (χ0v) is 27.0. The number of para-hydroxylation sites is 1. The maximum absolute atomic E-state index is 13.9. The van der Waals surface area contributed by atoms with Crippen molar-refractivity contribution in [2.24, 2.45) is 4.99 Å². The number of imide groups is 1. The molecule has 10 nitrogen and oxygen atoms in total. The number of carbonyl (C=O) groups is 4. The normalized spacial score (nSPS) is 17.7. The molecule has 2 saturated heterocycles. The first kappa shape index (κ1) is 33.3. The van der Waals surface area contributed by atoms with Gasteiger partial charge in [-0.15, -0.1) is 0 Å². The summed E-state index contributed by atoms with van der Waals surface area (Å²) in [6, 6.07) is 33.6. The van der Waals surface area contributed by atoms with Crippen molar-refractivity contribution in [1.29, 1.82) is 0 Å². The number of ether oxygens (including phenoxy) is 1. The van der Waals surface area contributed by atoms with Gasteiger partial charge in [0, 0.05) is 30.0 Å². The number of nitrogens with one attached hydrogen (secondary N) is 1. The van der Waals surface area contributed by atoms with E-state index in [1.54, 1.807) is 42.5 Å². The van der Waals surface area contributed by atoms with Gasteiger partial charge >= 0.3 is 12.1 Å². The molecule has 2 aliphatic rings. The predicted octanol–water partition coefficient (Wildman–Crippen LogP) is 5.73. The summed E-state index contributed by atoms with van der Waals surface area (Å²) in [6.45, 7) is 1.66. The number of nitrogens with zero attached hydrogens (tertiary/aromatic N) is 3. The molecule has 2 N–H and O–H groups in total. The largest absolute Gasteiger partial charge is 0.480 e. The Hall–Kier alpha value is -5.61. The van der Waals surface area contributed by atoms with Gasteiger partial charge in [-0.05, 0) is 36.6 Å². The van der Waals surface area contributed by atoms with Crippen LogP contribution in [0.2, 0.25) is 0 Å². The van der Waals surface area contributed by atoms with Crippen LogP contribution in [0.25, 0.3) is 0 Å². The highest BCUT2D eigenvalue weighted by Crippen LogP contribution is 2.31. The Bertz CT molecular complexity index is 1820. The van der Waals surface area contributed by atoms with Crippen molar-refractivity contribution < 1.29 is 29.0 Å². The molecule has 2 heterocycles. The Balaban J connectivity index is 1.36. The monoisotopic (exact) mass is 658 g/mol. The number of anilines is 1. The van der Waals surface area contributed by atoms with Gasteiger partial charge in [-0.1, -0.05) is 109 Å². The number of carbonyl (C=O) groups excluding carboxylic acids is 3. The van der Waals surface area contributed by atoms with Gasteiger partial charge in [0.2, 0.25) is 11.8 Å². The molecule has 0 aromatic heterocycles. The van der Waals surface area contributed by atoms with Crippen molar-refractivity contribution in [1.82, 2.24) is 9.80 Å². The van der Waals surface area contributed by atoms with Gasteiger partial charge in [-0.2, -0.15) is 0 Å². The van der Waals surface area contributed by atoms with Crippen LogP contribution >= 0.6 is 0 Å². The smallest absolute Gasteiger partial charge is 0.416 e. The van der Waals surface area contributed by atoms with E-state index in [-0.39, 0.29) is 31.5 Å². The van der Waals surface area contributed by atoms with Gasteiger partial charge < -0.3 is 15.2 Å². The zero-order valence-electron chi connectivity index (χ0n) is 27.0. The fraction of sp³-hybridized carbons (Fsp3) is 0.256. The Morgan fingerprint density at radius 2 is 1.51 bits per heavy atom. The van der Waals surface area contributed by atoms with Crippen LogP contribution in [-0.2, 0) is 25.7 Å². The van der Waals surface area contributed by atoms with Crippen LogP contribution in [-0.4, -0.2) is 76.3 Å². The summed E-state index contributed by atoms with van der Waals surface area (Å²) in [6.07, 6.45) is 0.599. The minimum atomic E-state index is -1.42. The fourth-order valence-corrected chi connectivity index (χ4v) is 6.53. The number of benzene rings is 4. The van der Waals surface area contributed by atoms with Crippen LogP contribution < -0.4 is 5.32 Å². The van der Waals surface area contributed by atoms with Gasteiger partial charge in [-0.25, -0.2) is 14.5 Å². The Morgan fingerprint density at radius 1 is 0.857 bits per heavy atom. The average Bonchev–Trinajstić information content (AvgIpc) is 3.78. The SMILES string of the molecule is O=C(O)[C@H](N=C(c1ccccc1)c1ccccc1NC(=O)[C@@H]1CCCN1Cc1ccccc1)[C@@H](CC(=O)N1CCOC1=O)c1ccccc1. The van der Waals surface area contributed by atoms with Gasteiger partial charge in [0.05, 0.1) is 24.0 Å². The van der Waals surface area contributed by atoms with E-state index < -0.39 is 29.9 Å². The minimum absolute atomic E-state index is 0.0899. The van der Waals surface area contributed by atoms with Crippen molar-refractivity contribution >= 4 is 35.3 Å². The third-order valence-electron chi connectivity index (χ3n) is 8.97. The number of rotatable bonds is 12. The van der Waals surface area contributed by atoms with Crippen LogP contribution in [0.15, 0.2) is 120 Å². The maximum atomic E-state index is 13.9. The fourth-order valence-electron chi connectivity index (χ4n) is 6.53. The number of hydrogen-bond donors (Lipinski definition) is 2. The molecule has 0 unspecified atom stereocenters. The number of hydrogen-bond acceptors (Lipinski definition) is 7. The lowest BCUT2D eigenvalue weighted by molar-refractivity contribution is -0.139. The number of aliphatic carboxylic acids is 1. The molecular formula is C39H38N4O6. The number of carboxylic acid groups (broad SMARTS) is 1. The molecule has 2 aliphatic heterocycles. The standard InChI is InChI=1S/C39H38N4O6/c44-34(43-23-24-49-39(43)48)25-31(28-15-6-2-7-16-28)36(38(46)47)41-35(29-17-8-3-9-18-29)30-19-10-11-20-32(30)40-37(45)33-21-12-22-42(33)26-27-13-4-1-5-14-27/h1-11,13-20,31,33,36H,12,21-26H2,(H,40,45)(H,46,47)/t31-,33-,36+/m0/s1. The second kappa shape index (κ2) is 15.5. The third kappa shape index (κ3) is 7.93. The number of cyclic esters (lactones) is 1. The molecule has 2 fully saturated rings. The molecule has 49 heavy (non-hydrogen) atoms. The van der Waals surface area contributed by atoms with Crippen LogP contribution in [0.3, 0.4) is 0 Å². The van der Waals surface area contributed by atoms with E-state index in [0.717, 1.165) is 29.8 Å². The molecule has 0 saturated carbocycles. The van der Waals surface area contributed by atoms with Crippen LogP contribution in [0.1, 0.15) is 47.4 Å². The van der Waals surface area contributed by atoms with Gasteiger partial charge in [0.25, 0.3) is 0 Å². The van der Waals surface area contributed by atoms with E-state index in [4.69, 9.17) is 9.73 Å². The predicted molar refractivity (Wildman–Crippen MR) is 185 cm³/mol. The summed E-state index contributed by atoms with van der Waals surface area (Å²) in [5.74, 6) is -2.83. The molecule has 0 radical (unpaired) electrons. The van der Waals surface area contributed by atoms with E-state index in [1.807, 2.05) is 60.7 Å². The highest BCUT2D eigenvalue weighted by molar-refractivity contribution is 6.18. The Kier molecular flexibility index (Phi) is 10.6. The van der Waals surface area contributed by atoms with E-state index in [1.165, 1.54) is 0 Å². The summed E-state index contributed by atoms with van der Waals surface area (Å²) >= 11 is 0. The number of aliphatic imine (C=N–C) groups is 1. The molecule has 0 spiro atoms. The summed E-state index contributed by atoms with van der Waals surface area (Å²) < 4.78 is 4.96. The van der Waals surface area contributed by atoms with Crippen molar-refractivity contribution in [3.63, 3.8) is 0 Å². The molecule has 250 valence electrons. The first-order chi connectivity index (χ1) is 23.9. The second-order valence-corrected chi connectivity index (χ2v) is 12.2. The lowest BCUT2D eigenvalue weighted by Gasteiger charge is -2.25. The van der Waals surface area contributed by atoms with Crippen molar-refractivity contribution in [2.75, 3.05) is 25.0 Å². The molecule has 0 aliphatic carbocycles. The Labute approximate surface area is 285 Å². The number of carboxylic acids is 1. The van der Waals surface area contributed by atoms with Crippen LogP contribution in [0.5, 0.6) is 0 Å².